The van der Waals surface area contributed by atoms with Gasteiger partial charge in [0.2, 0.25) is 0 Å². The number of ketones is 1. The summed E-state index contributed by atoms with van der Waals surface area (Å²) in [5, 5.41) is 8.85. The van der Waals surface area contributed by atoms with Crippen molar-refractivity contribution < 1.29 is 4.79 Å². The van der Waals surface area contributed by atoms with Crippen LogP contribution in [0.15, 0.2) is 91.0 Å². The molecule has 0 bridgehead atoms. The molecule has 3 aromatic carbocycles. The van der Waals surface area contributed by atoms with Gasteiger partial charge in [-0.3, -0.25) is 4.79 Å². The molecule has 3 aromatic rings. The molecule has 3 rings (SSSR count). The maximum atomic E-state index is 12.9. The Bertz CT molecular complexity index is 864. The lowest BCUT2D eigenvalue weighted by Gasteiger charge is -2.15. The summed E-state index contributed by atoms with van der Waals surface area (Å²) in [5.41, 5.74) is 3.45. The van der Waals surface area contributed by atoms with Gasteiger partial charge < -0.3 is 0 Å². The monoisotopic (exact) mass is 323 g/mol. The molecule has 0 saturated carbocycles. The highest BCUT2D eigenvalue weighted by molar-refractivity contribution is 6.00. The maximum Gasteiger partial charge on any atom is 0.167 e. The third kappa shape index (κ3) is 4.10. The van der Waals surface area contributed by atoms with Crippen molar-refractivity contribution in [2.75, 3.05) is 0 Å². The minimum atomic E-state index is -0.322. The van der Waals surface area contributed by atoms with Gasteiger partial charge in [-0.2, -0.15) is 5.26 Å². The summed E-state index contributed by atoms with van der Waals surface area (Å²) < 4.78 is 0. The number of nitrogens with zero attached hydrogens (tertiary/aromatic N) is 1. The summed E-state index contributed by atoms with van der Waals surface area (Å²) in [6.45, 7) is 0. The van der Waals surface area contributed by atoms with Crippen molar-refractivity contribution in [1.29, 1.82) is 5.26 Å². The summed E-state index contributed by atoms with van der Waals surface area (Å²) in [7, 11) is 0. The zero-order valence-electron chi connectivity index (χ0n) is 13.7. The third-order valence-corrected chi connectivity index (χ3v) is 4.03. The molecule has 0 aromatic heterocycles. The first kappa shape index (κ1) is 16.4. The van der Waals surface area contributed by atoms with Gasteiger partial charge in [-0.1, -0.05) is 78.9 Å². The van der Waals surface area contributed by atoms with Gasteiger partial charge in [0.25, 0.3) is 0 Å². The maximum absolute atomic E-state index is 12.9. The first-order chi connectivity index (χ1) is 12.3. The first-order valence-electron chi connectivity index (χ1n) is 8.10. The average Bonchev–Trinajstić information content (AvgIpc) is 2.69. The summed E-state index contributed by atoms with van der Waals surface area (Å²) >= 11 is 0. The fraction of sp³-hybridized carbons (Fsp3) is 0.0435. The minimum absolute atomic E-state index is 0.0294. The molecule has 0 radical (unpaired) electrons. The molecule has 0 aliphatic heterocycles. The highest BCUT2D eigenvalue weighted by Crippen LogP contribution is 2.26. The van der Waals surface area contributed by atoms with E-state index in [0.29, 0.717) is 5.56 Å². The molecule has 0 aliphatic rings. The van der Waals surface area contributed by atoms with Gasteiger partial charge in [-0.05, 0) is 34.9 Å². The van der Waals surface area contributed by atoms with E-state index >= 15 is 0 Å². The number of benzene rings is 3. The molecule has 0 unspecified atom stereocenters. The van der Waals surface area contributed by atoms with E-state index in [4.69, 9.17) is 5.26 Å². The molecule has 0 N–H and O–H groups in total. The zero-order chi connectivity index (χ0) is 17.5. The molecule has 0 spiro atoms. The van der Waals surface area contributed by atoms with Crippen LogP contribution in [-0.4, -0.2) is 5.78 Å². The molecule has 0 amide bonds. The van der Waals surface area contributed by atoms with Crippen LogP contribution in [0.3, 0.4) is 0 Å². The van der Waals surface area contributed by atoms with Crippen LogP contribution in [0.5, 0.6) is 0 Å². The van der Waals surface area contributed by atoms with Gasteiger partial charge in [0.05, 0.1) is 17.6 Å². The molecule has 2 heteroatoms. The van der Waals surface area contributed by atoms with Crippen LogP contribution >= 0.6 is 0 Å². The Labute approximate surface area is 147 Å². The Morgan fingerprint density at radius 1 is 0.800 bits per heavy atom. The second-order valence-electron chi connectivity index (χ2n) is 5.72. The number of nitriles is 1. The number of carbonyl (C=O) groups excluding carboxylic acids is 1. The quantitative estimate of drug-likeness (QED) is 0.622. The fourth-order valence-electron chi connectivity index (χ4n) is 2.76. The van der Waals surface area contributed by atoms with E-state index in [2.05, 4.69) is 6.07 Å². The highest BCUT2D eigenvalue weighted by atomic mass is 16.1. The largest absolute Gasteiger partial charge is 0.294 e. The predicted octanol–water partition coefficient (Wildman–Crippen LogP) is 4.97. The fourth-order valence-corrected chi connectivity index (χ4v) is 2.76. The van der Waals surface area contributed by atoms with Crippen LogP contribution in [0.4, 0.5) is 0 Å². The van der Waals surface area contributed by atoms with Crippen LogP contribution in [0.1, 0.15) is 28.2 Å². The van der Waals surface area contributed by atoms with Crippen LogP contribution in [0.25, 0.3) is 6.08 Å². The second-order valence-corrected chi connectivity index (χ2v) is 5.72. The lowest BCUT2D eigenvalue weighted by molar-refractivity contribution is -0.115. The predicted molar refractivity (Wildman–Crippen MR) is 99.9 cm³/mol. The van der Waals surface area contributed by atoms with Crippen molar-refractivity contribution in [3.63, 3.8) is 0 Å². The van der Waals surface area contributed by atoms with Gasteiger partial charge in [-0.15, -0.1) is 0 Å². The van der Waals surface area contributed by atoms with Crippen molar-refractivity contribution >= 4 is 11.9 Å². The average molecular weight is 323 g/mol. The van der Waals surface area contributed by atoms with E-state index in [0.717, 1.165) is 16.7 Å². The molecular formula is C23H17NO. The summed E-state index contributed by atoms with van der Waals surface area (Å²) in [6, 6.07) is 28.8. The van der Waals surface area contributed by atoms with E-state index in [1.807, 2.05) is 72.8 Å². The molecule has 120 valence electrons. The Morgan fingerprint density at radius 3 is 1.80 bits per heavy atom. The van der Waals surface area contributed by atoms with Crippen LogP contribution in [-0.2, 0) is 4.79 Å². The first-order valence-corrected chi connectivity index (χ1v) is 8.10. The zero-order valence-corrected chi connectivity index (χ0v) is 13.7. The molecule has 0 saturated heterocycles. The van der Waals surface area contributed by atoms with Crippen molar-refractivity contribution in [2.45, 2.75) is 5.92 Å². The van der Waals surface area contributed by atoms with Gasteiger partial charge in [0, 0.05) is 0 Å². The molecule has 0 fully saturated rings. The molecular weight excluding hydrogens is 306 g/mol. The molecule has 0 heterocycles. The number of hydrogen-bond acceptors (Lipinski definition) is 2. The van der Waals surface area contributed by atoms with Crippen molar-refractivity contribution in [3.05, 3.63) is 113 Å². The Kier molecular flexibility index (Phi) is 5.19. The summed E-state index contributed by atoms with van der Waals surface area (Å²) in [5.74, 6) is -0.293. The normalized spacial score (nSPS) is 10.7. The molecule has 0 aliphatic carbocycles. The van der Waals surface area contributed by atoms with Gasteiger partial charge in [0.15, 0.2) is 5.78 Å². The van der Waals surface area contributed by atoms with E-state index in [9.17, 15) is 4.79 Å². The lowest BCUT2D eigenvalue weighted by atomic mass is 9.87. The standard InChI is InChI=1S/C23H17NO/c24-17-19-13-11-18(12-14-19)15-16-22(25)23(20-7-3-1-4-8-20)21-9-5-2-6-10-21/h1-16,23H/b16-15+. The van der Waals surface area contributed by atoms with Crippen molar-refractivity contribution in [2.24, 2.45) is 0 Å². The van der Waals surface area contributed by atoms with E-state index in [1.165, 1.54) is 0 Å². The third-order valence-electron chi connectivity index (χ3n) is 4.03. The lowest BCUT2D eigenvalue weighted by Crippen LogP contribution is -2.11. The van der Waals surface area contributed by atoms with Crippen LogP contribution in [0.2, 0.25) is 0 Å². The van der Waals surface area contributed by atoms with E-state index < -0.39 is 0 Å². The van der Waals surface area contributed by atoms with E-state index in [1.54, 1.807) is 24.3 Å². The van der Waals surface area contributed by atoms with Crippen LogP contribution < -0.4 is 0 Å². The summed E-state index contributed by atoms with van der Waals surface area (Å²) in [6.07, 6.45) is 3.41. The topological polar surface area (TPSA) is 40.9 Å². The molecule has 2 nitrogen and oxygen atoms in total. The minimum Gasteiger partial charge on any atom is -0.294 e. The van der Waals surface area contributed by atoms with Gasteiger partial charge >= 0.3 is 0 Å². The van der Waals surface area contributed by atoms with Crippen molar-refractivity contribution in [1.82, 2.24) is 0 Å². The van der Waals surface area contributed by atoms with E-state index in [-0.39, 0.29) is 11.7 Å². The number of allylic oxidation sites excluding steroid dienone is 1. The second kappa shape index (κ2) is 7.90. The Hall–Kier alpha value is -3.44. The van der Waals surface area contributed by atoms with Crippen LogP contribution in [0, 0.1) is 11.3 Å². The van der Waals surface area contributed by atoms with Gasteiger partial charge in [-0.25, -0.2) is 0 Å². The smallest absolute Gasteiger partial charge is 0.167 e. The SMILES string of the molecule is N#Cc1ccc(/C=C/C(=O)C(c2ccccc2)c2ccccc2)cc1. The Morgan fingerprint density at radius 2 is 1.32 bits per heavy atom. The highest BCUT2D eigenvalue weighted by Gasteiger charge is 2.20. The summed E-state index contributed by atoms with van der Waals surface area (Å²) in [4.78, 5) is 12.9. The molecule has 25 heavy (non-hydrogen) atoms. The van der Waals surface area contributed by atoms with Crippen molar-refractivity contribution in [3.8, 4) is 6.07 Å². The number of hydrogen-bond donors (Lipinski definition) is 0. The Balaban J connectivity index is 1.89. The molecule has 0 atom stereocenters. The van der Waals surface area contributed by atoms with Gasteiger partial charge in [0.1, 0.15) is 0 Å². The number of rotatable bonds is 5. The number of carbonyl (C=O) groups is 1.